The van der Waals surface area contributed by atoms with Crippen LogP contribution < -0.4 is 14.2 Å². The Morgan fingerprint density at radius 2 is 0.478 bits per heavy atom. The molecular formula is C98H108N4O36. The van der Waals surface area contributed by atoms with E-state index in [-0.39, 0.29) is 79.3 Å². The van der Waals surface area contributed by atoms with Crippen LogP contribution in [0.5, 0.6) is 17.2 Å². The second-order valence-electron chi connectivity index (χ2n) is 31.6. The van der Waals surface area contributed by atoms with Gasteiger partial charge in [0.1, 0.15) is 75.2 Å². The minimum Gasteiger partial charge on any atom is -0.491 e. The summed E-state index contributed by atoms with van der Waals surface area (Å²) in [5.74, 6) is -7.56. The third-order valence-electron chi connectivity index (χ3n) is 21.1. The van der Waals surface area contributed by atoms with E-state index >= 15 is 0 Å². The first-order chi connectivity index (χ1) is 66.3. The molecule has 5 aliphatic rings. The molecular weight excluding hydrogens is 1810 g/mol. The molecule has 0 saturated carbocycles. The van der Waals surface area contributed by atoms with E-state index in [9.17, 15) is 57.5 Å². The lowest BCUT2D eigenvalue weighted by Gasteiger charge is -2.44. The highest BCUT2D eigenvalue weighted by atomic mass is 16.8. The molecule has 40 heteroatoms. The van der Waals surface area contributed by atoms with Gasteiger partial charge in [0, 0.05) is 127 Å². The van der Waals surface area contributed by atoms with E-state index in [1.807, 2.05) is 152 Å². The van der Waals surface area contributed by atoms with Crippen molar-refractivity contribution in [1.82, 2.24) is 19.9 Å². The van der Waals surface area contributed by atoms with Crippen molar-refractivity contribution >= 4 is 118 Å². The SMILES string of the molecule is CC(=O)OC[C@H]1O[C@H](OCCOCCOc2ccc(-c3c4nc(c(-c5ccc(OCCOCCO[C@H]6O[C@H](COC(C)=O)[C@H](OC(C)=O)[C@H](OC(C)=O)[C@H]6OC(C)=O)cc5)c5ccc([nH]5)c(-c5ccc(OCCOCCO[C@H]6O[C@H](COC(C)=O)[C@H](OC(C)=O)[C@H](OC(C)=O)[C@H]6OC(C)=O)cc5)c5nc(c(-c6ccccc6)c6ccc3[nH]6)C=C5)C=C4)cc2)[C@H](OC(C)=O)[C@@H](OC(C)=O)[C@H]1OC(C)=O. The summed E-state index contributed by atoms with van der Waals surface area (Å²) in [5.41, 5.74) is 11.3. The van der Waals surface area contributed by atoms with Gasteiger partial charge in [-0.25, -0.2) is 9.97 Å². The third-order valence-corrected chi connectivity index (χ3v) is 21.1. The lowest BCUT2D eigenvalue weighted by Crippen LogP contribution is -2.63. The molecule has 8 heterocycles. The first-order valence-electron chi connectivity index (χ1n) is 44.2. The van der Waals surface area contributed by atoms with Gasteiger partial charge in [-0.2, -0.15) is 0 Å². The number of esters is 12. The van der Waals surface area contributed by atoms with Crippen LogP contribution in [-0.4, -0.2) is 283 Å². The van der Waals surface area contributed by atoms with Gasteiger partial charge in [0.15, 0.2) is 73.8 Å². The summed E-state index contributed by atoms with van der Waals surface area (Å²) in [6, 6.07) is 40.3. The number of fused-ring (bicyclic) bond motifs is 8. The molecule has 0 unspecified atom stereocenters. The Morgan fingerprint density at radius 1 is 0.254 bits per heavy atom. The van der Waals surface area contributed by atoms with E-state index in [4.69, 9.17) is 124 Å². The topological polar surface area (TPSA) is 484 Å². The number of hydrogen-bond donors (Lipinski definition) is 2. The van der Waals surface area contributed by atoms with Crippen LogP contribution in [0, 0.1) is 0 Å². The first-order valence-corrected chi connectivity index (χ1v) is 44.2. The van der Waals surface area contributed by atoms with Gasteiger partial charge in [0.2, 0.25) is 0 Å². The number of benzene rings is 4. The average molecular weight is 1920 g/mol. The van der Waals surface area contributed by atoms with Crippen LogP contribution in [0.2, 0.25) is 0 Å². The summed E-state index contributed by atoms with van der Waals surface area (Å²) < 4.78 is 138. The minimum absolute atomic E-state index is 0.0212. The second-order valence-corrected chi connectivity index (χ2v) is 31.6. The lowest BCUT2D eigenvalue weighted by molar-refractivity contribution is -0.309. The zero-order valence-corrected chi connectivity index (χ0v) is 77.8. The Kier molecular flexibility index (Phi) is 37.2. The van der Waals surface area contributed by atoms with Gasteiger partial charge < -0.3 is 124 Å². The Morgan fingerprint density at radius 3 is 0.717 bits per heavy atom. The van der Waals surface area contributed by atoms with E-state index in [0.717, 1.165) is 107 Å². The molecule has 138 heavy (non-hydrogen) atoms. The van der Waals surface area contributed by atoms with E-state index < -0.39 is 184 Å². The highest BCUT2D eigenvalue weighted by molar-refractivity contribution is 6.00. The fourth-order valence-corrected chi connectivity index (χ4v) is 15.8. The zero-order valence-electron chi connectivity index (χ0n) is 77.8. The smallest absolute Gasteiger partial charge is 0.303 e. The molecule has 5 aliphatic heterocycles. The summed E-state index contributed by atoms with van der Waals surface area (Å²) in [7, 11) is 0. The van der Waals surface area contributed by atoms with Gasteiger partial charge in [-0.05, 0) is 107 Å². The maximum atomic E-state index is 12.4. The minimum atomic E-state index is -1.43. The standard InChI is InChI=1S/C98H108N4O36/c1-53(103)124-50-80-87(127-56(4)106)90(130-59(7)109)93(133-62(10)112)96(136-80)121-47-41-115-38-44-118-69-24-18-66(19-25-69)84-74-32-30-72(99-74)83(65-16-14-13-15-17-65)73-31-33-75(100-73)85(67-20-26-70(27-21-67)119-45-39-116-42-48-122-97-94(134-63(11)113)91(131-60(8)110)88(128-57(5)107)81(137-97)51-125-54(2)104)77-35-37-79(102-77)86(78-36-34-76(84)101-78)68-22-28-71(29-23-68)120-46-40-117-43-49-123-98-95(135-64(12)114)92(132-61(9)111)89(129-58(6)108)82(138-98)52-126-55(3)105/h13-37,80-82,87-99,102H,38-52H2,1-12H3/t80-,81-,82-,87+,88+,89+,90+,91+,92+,93-,94-,95-,96+,97+,98+/m1/s1. The van der Waals surface area contributed by atoms with Crippen LogP contribution >= 0.6 is 0 Å². The molecule has 0 amide bonds. The first kappa shape index (κ1) is 103. The molecule has 736 valence electrons. The van der Waals surface area contributed by atoms with Gasteiger partial charge in [-0.1, -0.05) is 66.7 Å². The zero-order chi connectivity index (χ0) is 98.6. The van der Waals surface area contributed by atoms with Gasteiger partial charge in [0.25, 0.3) is 0 Å². The normalized spacial score (nSPS) is 21.3. The number of nitrogens with zero attached hydrogens (tertiary/aromatic N) is 2. The van der Waals surface area contributed by atoms with E-state index in [1.165, 1.54) is 20.8 Å². The van der Waals surface area contributed by atoms with E-state index in [2.05, 4.69) is 9.97 Å². The van der Waals surface area contributed by atoms with Crippen molar-refractivity contribution in [2.75, 3.05) is 99.1 Å². The molecule has 4 aromatic carbocycles. The molecule has 40 nitrogen and oxygen atoms in total. The van der Waals surface area contributed by atoms with Crippen molar-refractivity contribution in [1.29, 1.82) is 0 Å². The summed E-state index contributed by atoms with van der Waals surface area (Å²) >= 11 is 0. The molecule has 12 rings (SSSR count). The molecule has 3 aromatic heterocycles. The largest absolute Gasteiger partial charge is 0.491 e. The van der Waals surface area contributed by atoms with Crippen LogP contribution in [0.25, 0.3) is 90.9 Å². The van der Waals surface area contributed by atoms with Crippen molar-refractivity contribution in [2.24, 2.45) is 0 Å². The van der Waals surface area contributed by atoms with Crippen LogP contribution in [0.15, 0.2) is 127 Å². The Labute approximate surface area is 791 Å². The summed E-state index contributed by atoms with van der Waals surface area (Å²) in [6.45, 7) is 12.3. The maximum absolute atomic E-state index is 12.4. The number of hydrogen-bond acceptors (Lipinski definition) is 38. The summed E-state index contributed by atoms with van der Waals surface area (Å²) in [4.78, 5) is 166. The van der Waals surface area contributed by atoms with Crippen LogP contribution in [0.4, 0.5) is 0 Å². The second kappa shape index (κ2) is 49.8. The van der Waals surface area contributed by atoms with Crippen molar-refractivity contribution in [3.63, 3.8) is 0 Å². The fourth-order valence-electron chi connectivity index (χ4n) is 15.8. The fraction of sp³-hybridized carbons (Fsp3) is 0.429. The Balaban J connectivity index is 0.805. The number of carbonyl (C=O) groups is 12. The van der Waals surface area contributed by atoms with E-state index in [1.54, 1.807) is 0 Å². The molecule has 3 saturated heterocycles. The Bertz CT molecular complexity index is 5550. The number of ether oxygens (including phenoxy) is 24. The Hall–Kier alpha value is -13.8. The third kappa shape index (κ3) is 28.9. The highest BCUT2D eigenvalue weighted by Gasteiger charge is 2.56. The molecule has 15 atom stereocenters. The summed E-state index contributed by atoms with van der Waals surface area (Å²) in [6.07, 6.45) is -12.6. The molecule has 2 N–H and O–H groups in total. The average Bonchev–Trinajstić information content (AvgIpc) is 1.64. The van der Waals surface area contributed by atoms with Crippen molar-refractivity contribution in [3.05, 3.63) is 150 Å². The van der Waals surface area contributed by atoms with Crippen molar-refractivity contribution < 1.29 is 171 Å². The number of nitrogens with one attached hydrogen (secondary N) is 2. The molecule has 7 aromatic rings. The predicted octanol–water partition coefficient (Wildman–Crippen LogP) is 9.81. The predicted molar refractivity (Wildman–Crippen MR) is 483 cm³/mol. The summed E-state index contributed by atoms with van der Waals surface area (Å²) in [5, 5.41) is 0. The van der Waals surface area contributed by atoms with Gasteiger partial charge in [-0.3, -0.25) is 57.5 Å². The lowest BCUT2D eigenvalue weighted by atomic mass is 9.98. The van der Waals surface area contributed by atoms with Crippen molar-refractivity contribution in [2.45, 2.75) is 175 Å². The molecule has 0 spiro atoms. The number of rotatable bonds is 43. The van der Waals surface area contributed by atoms with Crippen LogP contribution in [0.1, 0.15) is 106 Å². The van der Waals surface area contributed by atoms with Gasteiger partial charge in [0.05, 0.1) is 82.2 Å². The molecule has 0 aliphatic carbocycles. The van der Waals surface area contributed by atoms with Crippen LogP contribution in [0.3, 0.4) is 0 Å². The molecule has 8 bridgehead atoms. The van der Waals surface area contributed by atoms with E-state index in [0.29, 0.717) is 62.1 Å². The van der Waals surface area contributed by atoms with Gasteiger partial charge >= 0.3 is 71.6 Å². The van der Waals surface area contributed by atoms with Crippen molar-refractivity contribution in [3.8, 4) is 61.8 Å². The number of carbonyl (C=O) groups excluding carboxylic acids is 12. The highest BCUT2D eigenvalue weighted by Crippen LogP contribution is 2.42. The molecule has 0 radical (unpaired) electrons. The van der Waals surface area contributed by atoms with Crippen LogP contribution in [-0.2, 0) is 157 Å². The van der Waals surface area contributed by atoms with Gasteiger partial charge in [-0.15, -0.1) is 0 Å². The number of H-pyrrole nitrogens is 2. The molecule has 3 fully saturated rings. The number of aromatic amines is 2. The quantitative estimate of drug-likeness (QED) is 0.0204. The monoisotopic (exact) mass is 1920 g/mol. The number of aromatic nitrogens is 4. The maximum Gasteiger partial charge on any atom is 0.303 e.